The van der Waals surface area contributed by atoms with E-state index in [1.807, 2.05) is 31.2 Å². The zero-order valence-electron chi connectivity index (χ0n) is 18.5. The van der Waals surface area contributed by atoms with E-state index in [4.69, 9.17) is 4.74 Å². The molecule has 0 radical (unpaired) electrons. The molecule has 6 heteroatoms. The van der Waals surface area contributed by atoms with Crippen molar-refractivity contribution in [3.8, 4) is 5.75 Å². The summed E-state index contributed by atoms with van der Waals surface area (Å²) in [7, 11) is 1.39. The normalized spacial score (nSPS) is 18.5. The van der Waals surface area contributed by atoms with Crippen LogP contribution in [-0.2, 0) is 15.0 Å². The van der Waals surface area contributed by atoms with E-state index >= 15 is 0 Å². The smallest absolute Gasteiger partial charge is 0.295 e. The molecule has 2 aromatic carbocycles. The van der Waals surface area contributed by atoms with Gasteiger partial charge >= 0.3 is 0 Å². The Morgan fingerprint density at radius 2 is 1.77 bits per heavy atom. The number of aliphatic hydroxyl groups excluding tert-OH is 1. The third-order valence-electron chi connectivity index (χ3n) is 5.51. The van der Waals surface area contributed by atoms with Crippen LogP contribution in [0.4, 0.5) is 4.39 Å². The fraction of sp³-hybridized carbons (Fsp3) is 0.360. The third-order valence-corrected chi connectivity index (χ3v) is 5.51. The fourth-order valence-corrected chi connectivity index (χ4v) is 3.87. The van der Waals surface area contributed by atoms with Gasteiger partial charge in [0.25, 0.3) is 11.7 Å². The van der Waals surface area contributed by atoms with Crippen LogP contribution >= 0.6 is 0 Å². The van der Waals surface area contributed by atoms with Gasteiger partial charge in [0, 0.05) is 6.54 Å². The summed E-state index contributed by atoms with van der Waals surface area (Å²) in [4.78, 5) is 27.2. The number of methoxy groups -OCH3 is 1. The maximum Gasteiger partial charge on any atom is 0.295 e. The van der Waals surface area contributed by atoms with E-state index in [1.54, 1.807) is 0 Å². The third kappa shape index (κ3) is 4.20. The number of Topliss-reactive ketones (excluding diaryl/α,β-unsaturated/α-hetero) is 1. The molecule has 5 nitrogen and oxygen atoms in total. The molecule has 0 aliphatic carbocycles. The minimum Gasteiger partial charge on any atom is -0.507 e. The number of halogens is 1. The Labute approximate surface area is 182 Å². The lowest BCUT2D eigenvalue weighted by Gasteiger charge is -2.26. The van der Waals surface area contributed by atoms with Gasteiger partial charge in [0.15, 0.2) is 0 Å². The minimum atomic E-state index is -0.790. The molecule has 164 valence electrons. The van der Waals surface area contributed by atoms with Crippen LogP contribution in [0.3, 0.4) is 0 Å². The Kier molecular flexibility index (Phi) is 6.20. The Bertz CT molecular complexity index is 1030. The van der Waals surface area contributed by atoms with Gasteiger partial charge in [-0.2, -0.15) is 0 Å². The topological polar surface area (TPSA) is 66.8 Å². The lowest BCUT2D eigenvalue weighted by molar-refractivity contribution is -0.139. The quantitative estimate of drug-likeness (QED) is 0.418. The van der Waals surface area contributed by atoms with Crippen LogP contribution in [0.2, 0.25) is 0 Å². The number of likely N-dealkylation sites (tertiary alicyclic amines) is 1. The Morgan fingerprint density at radius 3 is 2.32 bits per heavy atom. The van der Waals surface area contributed by atoms with Crippen molar-refractivity contribution in [1.82, 2.24) is 4.90 Å². The zero-order chi connectivity index (χ0) is 22.9. The highest BCUT2D eigenvalue weighted by Gasteiger charge is 2.46. The number of nitrogens with zero attached hydrogens (tertiary/aromatic N) is 1. The highest BCUT2D eigenvalue weighted by molar-refractivity contribution is 6.46. The van der Waals surface area contributed by atoms with E-state index < -0.39 is 29.3 Å². The number of ketones is 1. The summed E-state index contributed by atoms with van der Waals surface area (Å²) >= 11 is 0. The number of carbonyl (C=O) groups excluding carboxylic acids is 2. The van der Waals surface area contributed by atoms with Crippen LogP contribution < -0.4 is 4.74 Å². The summed E-state index contributed by atoms with van der Waals surface area (Å²) in [5, 5.41) is 11.1. The van der Waals surface area contributed by atoms with Crippen molar-refractivity contribution in [2.75, 3.05) is 13.7 Å². The summed E-state index contributed by atoms with van der Waals surface area (Å²) in [5.74, 6) is -2.29. The average molecular weight is 426 g/mol. The summed E-state index contributed by atoms with van der Waals surface area (Å²) < 4.78 is 19.2. The molecule has 1 heterocycles. The van der Waals surface area contributed by atoms with E-state index in [-0.39, 0.29) is 22.3 Å². The molecule has 1 atom stereocenters. The molecule has 1 N–H and O–H groups in total. The number of carbonyl (C=O) groups is 2. The van der Waals surface area contributed by atoms with Gasteiger partial charge in [0.1, 0.15) is 17.3 Å². The molecular weight excluding hydrogens is 397 g/mol. The standard InChI is InChI=1S/C25H28FNO4/c1-6-13-27-21(15-7-9-16(10-8-15)25(2,3)4)20(23(29)24(27)30)22(28)18-14-17(26)11-12-19(18)31-5/h7-12,14,21,28H,6,13H2,1-5H3/b22-20+. The molecule has 1 unspecified atom stereocenters. The van der Waals surface area contributed by atoms with Crippen molar-refractivity contribution in [3.05, 3.63) is 70.5 Å². The second kappa shape index (κ2) is 8.53. The number of aliphatic hydroxyl groups is 1. The number of hydrogen-bond acceptors (Lipinski definition) is 4. The van der Waals surface area contributed by atoms with Gasteiger partial charge in [-0.15, -0.1) is 0 Å². The SMILES string of the molecule is CCCN1C(=O)C(=O)/C(=C(/O)c2cc(F)ccc2OC)C1c1ccc(C(C)(C)C)cc1. The zero-order valence-corrected chi connectivity index (χ0v) is 18.5. The summed E-state index contributed by atoms with van der Waals surface area (Å²) in [6, 6.07) is 10.6. The predicted octanol–water partition coefficient (Wildman–Crippen LogP) is 4.96. The molecule has 0 saturated carbocycles. The van der Waals surface area contributed by atoms with Crippen molar-refractivity contribution in [3.63, 3.8) is 0 Å². The molecule has 1 fully saturated rings. The molecule has 1 aliphatic rings. The van der Waals surface area contributed by atoms with E-state index in [2.05, 4.69) is 20.8 Å². The van der Waals surface area contributed by atoms with Crippen LogP contribution in [0, 0.1) is 5.82 Å². The van der Waals surface area contributed by atoms with Gasteiger partial charge in [-0.05, 0) is 41.2 Å². The molecule has 0 bridgehead atoms. The first-order chi connectivity index (χ1) is 14.6. The lowest BCUT2D eigenvalue weighted by atomic mass is 9.85. The number of hydrogen-bond donors (Lipinski definition) is 1. The fourth-order valence-electron chi connectivity index (χ4n) is 3.87. The summed E-state index contributed by atoms with van der Waals surface area (Å²) in [6.45, 7) is 8.56. The Hall–Kier alpha value is -3.15. The maximum absolute atomic E-state index is 13.9. The Balaban J connectivity index is 2.21. The van der Waals surface area contributed by atoms with E-state index in [0.717, 1.165) is 11.6 Å². The average Bonchev–Trinajstić information content (AvgIpc) is 2.98. The largest absolute Gasteiger partial charge is 0.507 e. The summed E-state index contributed by atoms with van der Waals surface area (Å²) in [5.41, 5.74) is 1.73. The molecule has 3 rings (SSSR count). The lowest BCUT2D eigenvalue weighted by Crippen LogP contribution is -2.30. The first-order valence-electron chi connectivity index (χ1n) is 10.3. The highest BCUT2D eigenvalue weighted by Crippen LogP contribution is 2.41. The first-order valence-corrected chi connectivity index (χ1v) is 10.3. The Morgan fingerprint density at radius 1 is 1.13 bits per heavy atom. The van der Waals surface area contributed by atoms with E-state index in [1.165, 1.54) is 24.1 Å². The van der Waals surface area contributed by atoms with Crippen LogP contribution in [-0.4, -0.2) is 35.4 Å². The van der Waals surface area contributed by atoms with Crippen molar-refractivity contribution in [1.29, 1.82) is 0 Å². The van der Waals surface area contributed by atoms with Crippen LogP contribution in [0.5, 0.6) is 5.75 Å². The van der Waals surface area contributed by atoms with Crippen molar-refractivity contribution in [2.24, 2.45) is 0 Å². The molecule has 31 heavy (non-hydrogen) atoms. The maximum atomic E-state index is 13.9. The monoisotopic (exact) mass is 425 g/mol. The molecular formula is C25H28FNO4. The van der Waals surface area contributed by atoms with Crippen LogP contribution in [0.15, 0.2) is 48.0 Å². The molecule has 0 spiro atoms. The highest BCUT2D eigenvalue weighted by atomic mass is 19.1. The summed E-state index contributed by atoms with van der Waals surface area (Å²) in [6.07, 6.45) is 0.646. The second-order valence-electron chi connectivity index (χ2n) is 8.71. The van der Waals surface area contributed by atoms with Crippen LogP contribution in [0.25, 0.3) is 5.76 Å². The van der Waals surface area contributed by atoms with Gasteiger partial charge in [-0.1, -0.05) is 52.0 Å². The van der Waals surface area contributed by atoms with Crippen molar-refractivity contribution >= 4 is 17.4 Å². The molecule has 1 saturated heterocycles. The molecule has 1 amide bonds. The molecule has 2 aromatic rings. The van der Waals surface area contributed by atoms with Gasteiger partial charge in [-0.3, -0.25) is 9.59 Å². The number of rotatable bonds is 5. The van der Waals surface area contributed by atoms with Crippen molar-refractivity contribution in [2.45, 2.75) is 45.6 Å². The van der Waals surface area contributed by atoms with Crippen molar-refractivity contribution < 1.29 is 23.8 Å². The number of benzene rings is 2. The molecule has 0 aromatic heterocycles. The van der Waals surface area contributed by atoms with Crippen LogP contribution in [0.1, 0.15) is 56.8 Å². The first kappa shape index (κ1) is 22.5. The van der Waals surface area contributed by atoms with Gasteiger partial charge in [0.05, 0.1) is 24.3 Å². The van der Waals surface area contributed by atoms with Gasteiger partial charge in [0.2, 0.25) is 0 Å². The number of ether oxygens (including phenoxy) is 1. The number of amides is 1. The molecule has 1 aliphatic heterocycles. The second-order valence-corrected chi connectivity index (χ2v) is 8.71. The van der Waals surface area contributed by atoms with Gasteiger partial charge in [-0.25, -0.2) is 4.39 Å². The van der Waals surface area contributed by atoms with Gasteiger partial charge < -0.3 is 14.7 Å². The van der Waals surface area contributed by atoms with E-state index in [0.29, 0.717) is 18.5 Å². The predicted molar refractivity (Wildman–Crippen MR) is 117 cm³/mol. The minimum absolute atomic E-state index is 0.0355. The van der Waals surface area contributed by atoms with E-state index in [9.17, 15) is 19.1 Å².